The van der Waals surface area contributed by atoms with Crippen molar-refractivity contribution in [2.75, 3.05) is 5.32 Å². The molecule has 0 atom stereocenters. The van der Waals surface area contributed by atoms with Gasteiger partial charge >= 0.3 is 0 Å². The van der Waals surface area contributed by atoms with E-state index in [1.54, 1.807) is 11.6 Å². The van der Waals surface area contributed by atoms with Gasteiger partial charge in [-0.15, -0.1) is 11.3 Å². The molecule has 1 aromatic heterocycles. The average molecular weight is 359 g/mol. The number of hydrogen-bond acceptors (Lipinski definition) is 6. The van der Waals surface area contributed by atoms with E-state index < -0.39 is 11.8 Å². The molecule has 122 valence electrons. The Labute approximate surface area is 146 Å². The van der Waals surface area contributed by atoms with E-state index in [0.717, 1.165) is 33.9 Å². The Kier molecular flexibility index (Phi) is 4.77. The Morgan fingerprint density at radius 1 is 1.33 bits per heavy atom. The Balaban J connectivity index is 1.73. The Morgan fingerprint density at radius 3 is 2.83 bits per heavy atom. The molecule has 1 aromatic carbocycles. The second kappa shape index (κ2) is 6.98. The molecule has 6 nitrogen and oxygen atoms in total. The van der Waals surface area contributed by atoms with Crippen LogP contribution in [0.25, 0.3) is 0 Å². The van der Waals surface area contributed by atoms with E-state index >= 15 is 0 Å². The maximum absolute atomic E-state index is 12.4. The van der Waals surface area contributed by atoms with Gasteiger partial charge < -0.3 is 0 Å². The molecule has 1 N–H and O–H groups in total. The summed E-state index contributed by atoms with van der Waals surface area (Å²) in [5, 5.41) is 4.34. The summed E-state index contributed by atoms with van der Waals surface area (Å²) in [7, 11) is 0. The zero-order valence-corrected chi connectivity index (χ0v) is 14.3. The Morgan fingerprint density at radius 2 is 2.12 bits per heavy atom. The molecule has 1 aliphatic heterocycles. The van der Waals surface area contributed by atoms with Crippen molar-refractivity contribution in [1.82, 2.24) is 9.88 Å². The number of carbonyl (C=O) groups excluding carboxylic acids is 3. The summed E-state index contributed by atoms with van der Waals surface area (Å²) in [6, 6.07) is 7.55. The van der Waals surface area contributed by atoms with Crippen molar-refractivity contribution in [2.24, 2.45) is 0 Å². The monoisotopic (exact) mass is 359 g/mol. The highest BCUT2D eigenvalue weighted by molar-refractivity contribution is 8.18. The number of anilines is 1. The van der Waals surface area contributed by atoms with Crippen LogP contribution in [0.4, 0.5) is 9.93 Å². The van der Waals surface area contributed by atoms with Gasteiger partial charge in [0.1, 0.15) is 0 Å². The van der Waals surface area contributed by atoms with E-state index in [4.69, 9.17) is 0 Å². The van der Waals surface area contributed by atoms with Gasteiger partial charge in [0.2, 0.25) is 0 Å². The number of imide groups is 1. The lowest BCUT2D eigenvalue weighted by Crippen LogP contribution is -2.28. The van der Waals surface area contributed by atoms with Crippen molar-refractivity contribution in [2.45, 2.75) is 13.5 Å². The van der Waals surface area contributed by atoms with Crippen LogP contribution < -0.4 is 5.32 Å². The van der Waals surface area contributed by atoms with Gasteiger partial charge in [-0.25, -0.2) is 4.98 Å². The van der Waals surface area contributed by atoms with E-state index in [0.29, 0.717) is 5.13 Å². The molecule has 0 unspecified atom stereocenters. The molecule has 0 radical (unpaired) electrons. The summed E-state index contributed by atoms with van der Waals surface area (Å²) in [6.07, 6.45) is 2.71. The van der Waals surface area contributed by atoms with E-state index in [1.807, 2.05) is 31.2 Å². The lowest BCUT2D eigenvalue weighted by Gasteiger charge is -2.14. The summed E-state index contributed by atoms with van der Waals surface area (Å²) < 4.78 is 0. The van der Waals surface area contributed by atoms with Crippen LogP contribution >= 0.6 is 23.1 Å². The largest absolute Gasteiger partial charge is 0.298 e. The first-order chi connectivity index (χ1) is 11.5. The number of nitrogens with zero attached hydrogens (tertiary/aromatic N) is 2. The summed E-state index contributed by atoms with van der Waals surface area (Å²) >= 11 is 2.04. The highest BCUT2D eigenvalue weighted by Gasteiger charge is 2.35. The number of aromatic nitrogens is 1. The normalized spacial score (nSPS) is 16.0. The van der Waals surface area contributed by atoms with Gasteiger partial charge in [0, 0.05) is 17.7 Å². The molecule has 2 aromatic rings. The second-order valence-corrected chi connectivity index (χ2v) is 6.91. The van der Waals surface area contributed by atoms with E-state index in [1.165, 1.54) is 11.3 Å². The number of hydrogen-bond donors (Lipinski definition) is 1. The van der Waals surface area contributed by atoms with Crippen molar-refractivity contribution in [3.05, 3.63) is 58.0 Å². The van der Waals surface area contributed by atoms with Crippen LogP contribution in [-0.2, 0) is 16.1 Å². The first kappa shape index (κ1) is 16.4. The third-order valence-corrected chi connectivity index (χ3v) is 4.98. The predicted molar refractivity (Wildman–Crippen MR) is 93.5 cm³/mol. The molecular weight excluding hydrogens is 346 g/mol. The summed E-state index contributed by atoms with van der Waals surface area (Å²) in [6.45, 7) is 2.12. The van der Waals surface area contributed by atoms with Crippen molar-refractivity contribution in [3.8, 4) is 0 Å². The van der Waals surface area contributed by atoms with E-state index in [2.05, 4.69) is 10.3 Å². The maximum atomic E-state index is 12.4. The van der Waals surface area contributed by atoms with Crippen LogP contribution in [0.5, 0.6) is 0 Å². The molecule has 1 fully saturated rings. The minimum absolute atomic E-state index is 0.114. The minimum atomic E-state index is -0.480. The van der Waals surface area contributed by atoms with Gasteiger partial charge in [0.25, 0.3) is 17.1 Å². The van der Waals surface area contributed by atoms with Crippen LogP contribution in [0, 0.1) is 6.92 Å². The fraction of sp³-hybridized carbons (Fsp3) is 0.125. The maximum Gasteiger partial charge on any atom is 0.293 e. The van der Waals surface area contributed by atoms with Crippen LogP contribution in [0.3, 0.4) is 0 Å². The number of thioether (sulfide) groups is 1. The molecule has 0 aliphatic carbocycles. The van der Waals surface area contributed by atoms with Crippen molar-refractivity contribution in [3.63, 3.8) is 0 Å². The number of thiazole rings is 1. The second-order valence-electron chi connectivity index (χ2n) is 5.02. The Hall–Kier alpha value is -2.45. The number of nitrogens with one attached hydrogen (secondary N) is 1. The first-order valence-electron chi connectivity index (χ1n) is 7.05. The van der Waals surface area contributed by atoms with Crippen LogP contribution in [-0.4, -0.2) is 26.9 Å². The highest BCUT2D eigenvalue weighted by atomic mass is 32.2. The lowest BCUT2D eigenvalue weighted by atomic mass is 10.1. The number of rotatable bonds is 4. The zero-order chi connectivity index (χ0) is 17.1. The number of aryl methyl sites for hydroxylation is 1. The molecular formula is C16H13N3O3S2. The number of benzene rings is 1. The van der Waals surface area contributed by atoms with Gasteiger partial charge in [-0.3, -0.25) is 24.6 Å². The van der Waals surface area contributed by atoms with Gasteiger partial charge in [0.15, 0.2) is 5.13 Å². The van der Waals surface area contributed by atoms with Gasteiger partial charge in [-0.2, -0.15) is 0 Å². The molecule has 3 rings (SSSR count). The molecule has 1 saturated heterocycles. The summed E-state index contributed by atoms with van der Waals surface area (Å²) in [4.78, 5) is 41.6. The minimum Gasteiger partial charge on any atom is -0.298 e. The summed E-state index contributed by atoms with van der Waals surface area (Å²) in [5.41, 5.74) is 1.90. The topological polar surface area (TPSA) is 79.4 Å². The van der Waals surface area contributed by atoms with Crippen LogP contribution in [0.1, 0.15) is 11.1 Å². The molecule has 0 saturated carbocycles. The third-order valence-electron chi connectivity index (χ3n) is 3.39. The van der Waals surface area contributed by atoms with Gasteiger partial charge in [-0.05, 0) is 29.8 Å². The molecule has 8 heteroatoms. The van der Waals surface area contributed by atoms with E-state index in [9.17, 15) is 14.4 Å². The smallest absolute Gasteiger partial charge is 0.293 e. The molecule has 0 bridgehead atoms. The van der Waals surface area contributed by atoms with Crippen molar-refractivity contribution >= 4 is 45.3 Å². The zero-order valence-electron chi connectivity index (χ0n) is 12.7. The van der Waals surface area contributed by atoms with Crippen molar-refractivity contribution in [1.29, 1.82) is 0 Å². The molecule has 24 heavy (non-hydrogen) atoms. The number of carbonyl (C=O) groups is 3. The SMILES string of the molecule is Cc1ccccc1CN1C(=O)S/C(=C\C(=O)Nc2nccs2)C1=O. The van der Waals surface area contributed by atoms with Gasteiger partial charge in [-0.1, -0.05) is 24.3 Å². The van der Waals surface area contributed by atoms with Crippen LogP contribution in [0.15, 0.2) is 46.8 Å². The van der Waals surface area contributed by atoms with E-state index in [-0.39, 0.29) is 16.7 Å². The Bertz CT molecular complexity index is 831. The molecule has 0 spiro atoms. The molecule has 1 aliphatic rings. The lowest BCUT2D eigenvalue weighted by molar-refractivity contribution is -0.123. The standard InChI is InChI=1S/C16H13N3O3S2/c1-10-4-2-3-5-11(10)9-19-14(21)12(24-16(19)22)8-13(20)18-15-17-6-7-23-15/h2-8H,9H2,1H3,(H,17,18,20)/b12-8-. The van der Waals surface area contributed by atoms with Crippen molar-refractivity contribution < 1.29 is 14.4 Å². The predicted octanol–water partition coefficient (Wildman–Crippen LogP) is 3.17. The fourth-order valence-corrected chi connectivity index (χ4v) is 3.48. The number of amides is 3. The molecule has 3 amide bonds. The van der Waals surface area contributed by atoms with Crippen LogP contribution in [0.2, 0.25) is 0 Å². The third kappa shape index (κ3) is 3.55. The first-order valence-corrected chi connectivity index (χ1v) is 8.74. The quantitative estimate of drug-likeness (QED) is 0.848. The average Bonchev–Trinajstić information content (AvgIpc) is 3.13. The van der Waals surface area contributed by atoms with Gasteiger partial charge in [0.05, 0.1) is 11.4 Å². The highest BCUT2D eigenvalue weighted by Crippen LogP contribution is 2.32. The molecule has 2 heterocycles. The fourth-order valence-electron chi connectivity index (χ4n) is 2.14. The summed E-state index contributed by atoms with van der Waals surface area (Å²) in [5.74, 6) is -0.936.